The van der Waals surface area contributed by atoms with Crippen molar-refractivity contribution < 1.29 is 4.79 Å². The quantitative estimate of drug-likeness (QED) is 0.911. The number of nitrogens with zero attached hydrogens (tertiary/aromatic N) is 1. The summed E-state index contributed by atoms with van der Waals surface area (Å²) in [6.07, 6.45) is 1.67. The molecule has 18 heavy (non-hydrogen) atoms. The zero-order valence-electron chi connectivity index (χ0n) is 10.7. The Labute approximate surface area is 111 Å². The van der Waals surface area contributed by atoms with Crippen molar-refractivity contribution in [3.63, 3.8) is 0 Å². The zero-order valence-corrected chi connectivity index (χ0v) is 11.5. The SMILES string of the molecule is Cc1cc(C(=O)Nc2nccs2)ccc1C(C)C. The second-order valence-electron chi connectivity index (χ2n) is 4.52. The molecule has 3 nitrogen and oxygen atoms in total. The number of thiazole rings is 1. The normalized spacial score (nSPS) is 10.7. The maximum absolute atomic E-state index is 12.0. The highest BCUT2D eigenvalue weighted by atomic mass is 32.1. The molecule has 0 unspecified atom stereocenters. The molecule has 0 aliphatic rings. The average molecular weight is 260 g/mol. The maximum Gasteiger partial charge on any atom is 0.257 e. The Morgan fingerprint density at radius 2 is 2.17 bits per heavy atom. The number of hydrogen-bond donors (Lipinski definition) is 1. The molecule has 0 aliphatic carbocycles. The number of nitrogens with one attached hydrogen (secondary N) is 1. The third-order valence-corrected chi connectivity index (χ3v) is 3.50. The van der Waals surface area contributed by atoms with Gasteiger partial charge in [-0.25, -0.2) is 4.98 Å². The van der Waals surface area contributed by atoms with Gasteiger partial charge in [-0.3, -0.25) is 10.1 Å². The van der Waals surface area contributed by atoms with E-state index in [0.717, 1.165) is 5.56 Å². The Hall–Kier alpha value is -1.68. The first kappa shape index (κ1) is 12.8. The molecule has 0 spiro atoms. The number of benzene rings is 1. The largest absolute Gasteiger partial charge is 0.298 e. The number of aryl methyl sites for hydroxylation is 1. The van der Waals surface area contributed by atoms with Crippen LogP contribution in [-0.4, -0.2) is 10.9 Å². The number of hydrogen-bond acceptors (Lipinski definition) is 3. The molecule has 1 heterocycles. The predicted octanol–water partition coefficient (Wildman–Crippen LogP) is 3.83. The summed E-state index contributed by atoms with van der Waals surface area (Å²) in [5.74, 6) is 0.365. The monoisotopic (exact) mass is 260 g/mol. The molecule has 0 saturated heterocycles. The third kappa shape index (κ3) is 2.76. The van der Waals surface area contributed by atoms with Gasteiger partial charge in [0.1, 0.15) is 0 Å². The number of anilines is 1. The van der Waals surface area contributed by atoms with E-state index < -0.39 is 0 Å². The predicted molar refractivity (Wildman–Crippen MR) is 75.3 cm³/mol. The molecule has 2 rings (SSSR count). The van der Waals surface area contributed by atoms with Crippen molar-refractivity contribution in [3.05, 3.63) is 46.5 Å². The fraction of sp³-hybridized carbons (Fsp3) is 0.286. The van der Waals surface area contributed by atoms with Crippen LogP contribution in [0.15, 0.2) is 29.8 Å². The lowest BCUT2D eigenvalue weighted by molar-refractivity contribution is 0.102. The van der Waals surface area contributed by atoms with E-state index in [1.54, 1.807) is 6.20 Å². The molecular weight excluding hydrogens is 244 g/mol. The topological polar surface area (TPSA) is 42.0 Å². The summed E-state index contributed by atoms with van der Waals surface area (Å²) in [6.45, 7) is 6.34. The highest BCUT2D eigenvalue weighted by molar-refractivity contribution is 7.13. The van der Waals surface area contributed by atoms with Crippen molar-refractivity contribution in [2.45, 2.75) is 26.7 Å². The minimum absolute atomic E-state index is 0.108. The molecule has 0 fully saturated rings. The maximum atomic E-state index is 12.0. The smallest absolute Gasteiger partial charge is 0.257 e. The molecule has 94 valence electrons. The summed E-state index contributed by atoms with van der Waals surface area (Å²) in [5.41, 5.74) is 3.10. The lowest BCUT2D eigenvalue weighted by Gasteiger charge is -2.11. The summed E-state index contributed by atoms with van der Waals surface area (Å²) in [6, 6.07) is 5.82. The van der Waals surface area contributed by atoms with Crippen LogP contribution in [0.2, 0.25) is 0 Å². The van der Waals surface area contributed by atoms with Crippen molar-refractivity contribution >= 4 is 22.4 Å². The minimum Gasteiger partial charge on any atom is -0.298 e. The fourth-order valence-electron chi connectivity index (χ4n) is 1.92. The Balaban J connectivity index is 2.19. The first-order chi connectivity index (χ1) is 8.58. The van der Waals surface area contributed by atoms with Crippen molar-refractivity contribution in [3.8, 4) is 0 Å². The average Bonchev–Trinajstić information content (AvgIpc) is 2.81. The van der Waals surface area contributed by atoms with E-state index in [1.165, 1.54) is 16.9 Å². The molecule has 1 aromatic heterocycles. The van der Waals surface area contributed by atoms with E-state index in [1.807, 2.05) is 30.5 Å². The van der Waals surface area contributed by atoms with E-state index in [9.17, 15) is 4.79 Å². The standard InChI is InChI=1S/C14H16N2OS/c1-9(2)12-5-4-11(8-10(12)3)13(17)16-14-15-6-7-18-14/h4-9H,1-3H3,(H,15,16,17). The van der Waals surface area contributed by atoms with Gasteiger partial charge in [0.15, 0.2) is 5.13 Å². The van der Waals surface area contributed by atoms with Crippen LogP contribution in [0.25, 0.3) is 0 Å². The van der Waals surface area contributed by atoms with Crippen LogP contribution < -0.4 is 5.32 Å². The molecule has 2 aromatic rings. The Kier molecular flexibility index (Phi) is 3.77. The van der Waals surface area contributed by atoms with E-state index in [4.69, 9.17) is 0 Å². The first-order valence-corrected chi connectivity index (χ1v) is 6.77. The van der Waals surface area contributed by atoms with Crippen molar-refractivity contribution in [1.82, 2.24) is 4.98 Å². The molecule has 0 radical (unpaired) electrons. The van der Waals surface area contributed by atoms with Gasteiger partial charge in [0, 0.05) is 17.1 Å². The summed E-state index contributed by atoms with van der Waals surface area (Å²) in [7, 11) is 0. The Morgan fingerprint density at radius 1 is 1.39 bits per heavy atom. The van der Waals surface area contributed by atoms with E-state index in [0.29, 0.717) is 16.6 Å². The molecule has 0 saturated carbocycles. The molecule has 0 atom stereocenters. The van der Waals surface area contributed by atoms with Gasteiger partial charge in [-0.15, -0.1) is 11.3 Å². The first-order valence-electron chi connectivity index (χ1n) is 5.89. The van der Waals surface area contributed by atoms with Crippen molar-refractivity contribution in [2.24, 2.45) is 0 Å². The van der Waals surface area contributed by atoms with Gasteiger partial charge in [-0.2, -0.15) is 0 Å². The van der Waals surface area contributed by atoms with Gasteiger partial charge in [0.05, 0.1) is 0 Å². The van der Waals surface area contributed by atoms with Crippen LogP contribution >= 0.6 is 11.3 Å². The number of rotatable bonds is 3. The zero-order chi connectivity index (χ0) is 13.1. The van der Waals surface area contributed by atoms with E-state index in [2.05, 4.69) is 24.1 Å². The van der Waals surface area contributed by atoms with Crippen LogP contribution in [0, 0.1) is 6.92 Å². The molecule has 1 N–H and O–H groups in total. The third-order valence-electron chi connectivity index (χ3n) is 2.81. The molecule has 0 bridgehead atoms. The number of aromatic nitrogens is 1. The summed E-state index contributed by atoms with van der Waals surface area (Å²) < 4.78 is 0. The highest BCUT2D eigenvalue weighted by Gasteiger charge is 2.10. The van der Waals surface area contributed by atoms with Crippen molar-refractivity contribution in [1.29, 1.82) is 0 Å². The van der Waals surface area contributed by atoms with Crippen LogP contribution in [0.4, 0.5) is 5.13 Å². The second kappa shape index (κ2) is 5.31. The minimum atomic E-state index is -0.108. The molecule has 0 aliphatic heterocycles. The molecule has 4 heteroatoms. The Bertz CT molecular complexity index is 547. The summed E-state index contributed by atoms with van der Waals surface area (Å²) in [4.78, 5) is 16.0. The van der Waals surface area contributed by atoms with Crippen LogP contribution in [0.3, 0.4) is 0 Å². The number of carbonyl (C=O) groups is 1. The van der Waals surface area contributed by atoms with Gasteiger partial charge in [0.2, 0.25) is 0 Å². The van der Waals surface area contributed by atoms with E-state index in [-0.39, 0.29) is 5.91 Å². The van der Waals surface area contributed by atoms with Crippen LogP contribution in [-0.2, 0) is 0 Å². The van der Waals surface area contributed by atoms with Gasteiger partial charge in [-0.05, 0) is 36.1 Å². The molecule has 1 amide bonds. The highest BCUT2D eigenvalue weighted by Crippen LogP contribution is 2.21. The number of amides is 1. The van der Waals surface area contributed by atoms with Crippen LogP contribution in [0.1, 0.15) is 41.3 Å². The second-order valence-corrected chi connectivity index (χ2v) is 5.41. The van der Waals surface area contributed by atoms with Gasteiger partial charge in [0.25, 0.3) is 5.91 Å². The van der Waals surface area contributed by atoms with E-state index >= 15 is 0 Å². The van der Waals surface area contributed by atoms with Crippen LogP contribution in [0.5, 0.6) is 0 Å². The summed E-state index contributed by atoms with van der Waals surface area (Å²) >= 11 is 1.42. The fourth-order valence-corrected chi connectivity index (χ4v) is 2.44. The number of carbonyl (C=O) groups excluding carboxylic acids is 1. The van der Waals surface area contributed by atoms with Gasteiger partial charge < -0.3 is 0 Å². The van der Waals surface area contributed by atoms with Gasteiger partial charge >= 0.3 is 0 Å². The molecule has 1 aromatic carbocycles. The molecular formula is C14H16N2OS. The van der Waals surface area contributed by atoms with Crippen molar-refractivity contribution in [2.75, 3.05) is 5.32 Å². The lowest BCUT2D eigenvalue weighted by atomic mass is 9.96. The van der Waals surface area contributed by atoms with Gasteiger partial charge in [-0.1, -0.05) is 19.9 Å². The lowest BCUT2D eigenvalue weighted by Crippen LogP contribution is -2.12. The summed E-state index contributed by atoms with van der Waals surface area (Å²) in [5, 5.41) is 5.25. The Morgan fingerprint density at radius 3 is 2.72 bits per heavy atom.